The van der Waals surface area contributed by atoms with Crippen molar-refractivity contribution in [1.82, 2.24) is 19.7 Å². The molecule has 0 aliphatic carbocycles. The number of ether oxygens (including phenoxy) is 1. The molecule has 2 aromatic heterocycles. The highest BCUT2D eigenvalue weighted by molar-refractivity contribution is 5.50. The summed E-state index contributed by atoms with van der Waals surface area (Å²) in [6, 6.07) is 9.85. The van der Waals surface area contributed by atoms with Crippen LogP contribution in [-0.4, -0.2) is 44.8 Å². The lowest BCUT2D eigenvalue weighted by molar-refractivity contribution is -0.274. The molecule has 158 valence electrons. The number of alkyl halides is 3. The molecule has 6 nitrogen and oxygen atoms in total. The van der Waals surface area contributed by atoms with Crippen molar-refractivity contribution < 1.29 is 17.9 Å². The van der Waals surface area contributed by atoms with Crippen molar-refractivity contribution in [2.75, 3.05) is 18.1 Å². The number of anilines is 1. The van der Waals surface area contributed by atoms with E-state index in [4.69, 9.17) is 0 Å². The van der Waals surface area contributed by atoms with E-state index in [1.807, 2.05) is 18.3 Å². The minimum Gasteiger partial charge on any atom is -0.406 e. The summed E-state index contributed by atoms with van der Waals surface area (Å²) >= 11 is 0. The van der Waals surface area contributed by atoms with Crippen LogP contribution in [0.1, 0.15) is 19.4 Å². The van der Waals surface area contributed by atoms with Gasteiger partial charge < -0.3 is 9.64 Å². The van der Waals surface area contributed by atoms with Crippen LogP contribution in [0.5, 0.6) is 5.75 Å². The molecule has 3 heterocycles. The predicted octanol–water partition coefficient (Wildman–Crippen LogP) is 4.22. The molecule has 0 N–H and O–H groups in total. The van der Waals surface area contributed by atoms with Gasteiger partial charge in [0, 0.05) is 42.9 Å². The van der Waals surface area contributed by atoms with E-state index in [1.165, 1.54) is 12.1 Å². The molecule has 0 radical (unpaired) electrons. The maximum atomic E-state index is 12.4. The molecule has 9 heteroatoms. The van der Waals surface area contributed by atoms with Crippen molar-refractivity contribution in [2.45, 2.75) is 32.3 Å². The summed E-state index contributed by atoms with van der Waals surface area (Å²) in [7, 11) is 0. The molecule has 1 fully saturated rings. The van der Waals surface area contributed by atoms with E-state index in [0.29, 0.717) is 13.2 Å². The zero-order chi connectivity index (χ0) is 21.4. The van der Waals surface area contributed by atoms with Gasteiger partial charge in [-0.1, -0.05) is 0 Å². The molecule has 4 rings (SSSR count). The normalized spacial score (nSPS) is 16.8. The second-order valence-electron chi connectivity index (χ2n) is 7.85. The predicted molar refractivity (Wildman–Crippen MR) is 106 cm³/mol. The van der Waals surface area contributed by atoms with Crippen LogP contribution in [0.4, 0.5) is 18.9 Å². The molecule has 0 unspecified atom stereocenters. The van der Waals surface area contributed by atoms with Gasteiger partial charge in [0.25, 0.3) is 0 Å². The van der Waals surface area contributed by atoms with Gasteiger partial charge in [-0.05, 0) is 55.8 Å². The Morgan fingerprint density at radius 1 is 1.10 bits per heavy atom. The standard InChI is InChI=1S/C21H22F3N5O/c1-20(2)14-27(17-4-6-18(7-5-17)30-21(22,23)24)15-28(20)13-16-8-10-25-12-19(16)29-11-3-9-26-29/h3-12H,13-15H2,1-2H3. The number of hydrogen-bond acceptors (Lipinski definition) is 5. The Kier molecular flexibility index (Phi) is 5.15. The highest BCUT2D eigenvalue weighted by Crippen LogP contribution is 2.32. The Hall–Kier alpha value is -3.07. The first-order chi connectivity index (χ1) is 14.2. The SMILES string of the molecule is CC1(C)CN(c2ccc(OC(F)(F)F)cc2)CN1Cc1ccncc1-n1cccn1. The molecule has 1 aromatic carbocycles. The van der Waals surface area contributed by atoms with Gasteiger partial charge in [0.1, 0.15) is 5.75 Å². The molecular weight excluding hydrogens is 395 g/mol. The van der Waals surface area contributed by atoms with Gasteiger partial charge in [-0.25, -0.2) is 4.68 Å². The highest BCUT2D eigenvalue weighted by atomic mass is 19.4. The maximum Gasteiger partial charge on any atom is 0.573 e. The van der Waals surface area contributed by atoms with Gasteiger partial charge >= 0.3 is 6.36 Å². The minimum atomic E-state index is -4.69. The van der Waals surface area contributed by atoms with Crippen LogP contribution < -0.4 is 9.64 Å². The molecule has 0 saturated carbocycles. The number of pyridine rings is 1. The molecule has 0 spiro atoms. The van der Waals surface area contributed by atoms with Crippen molar-refractivity contribution in [1.29, 1.82) is 0 Å². The van der Waals surface area contributed by atoms with Gasteiger partial charge in [0.2, 0.25) is 0 Å². The summed E-state index contributed by atoms with van der Waals surface area (Å²) in [6.07, 6.45) is 2.48. The van der Waals surface area contributed by atoms with E-state index in [9.17, 15) is 13.2 Å². The number of nitrogens with zero attached hydrogens (tertiary/aromatic N) is 5. The summed E-state index contributed by atoms with van der Waals surface area (Å²) in [4.78, 5) is 8.70. The van der Waals surface area contributed by atoms with E-state index >= 15 is 0 Å². The fraction of sp³-hybridized carbons (Fsp3) is 0.333. The third-order valence-corrected chi connectivity index (χ3v) is 5.21. The Labute approximate surface area is 172 Å². The highest BCUT2D eigenvalue weighted by Gasteiger charge is 2.37. The quantitative estimate of drug-likeness (QED) is 0.622. The molecule has 1 aliphatic rings. The van der Waals surface area contributed by atoms with E-state index < -0.39 is 6.36 Å². The van der Waals surface area contributed by atoms with E-state index in [2.05, 4.69) is 38.5 Å². The first kappa shape index (κ1) is 20.2. The summed E-state index contributed by atoms with van der Waals surface area (Å²) < 4.78 is 42.9. The molecule has 1 aliphatic heterocycles. The molecular formula is C21H22F3N5O. The zero-order valence-electron chi connectivity index (χ0n) is 16.7. The van der Waals surface area contributed by atoms with Crippen LogP contribution in [0.3, 0.4) is 0 Å². The topological polar surface area (TPSA) is 46.4 Å². The lowest BCUT2D eigenvalue weighted by Gasteiger charge is -2.30. The summed E-state index contributed by atoms with van der Waals surface area (Å²) in [5.41, 5.74) is 2.73. The van der Waals surface area contributed by atoms with Crippen LogP contribution in [0.25, 0.3) is 5.69 Å². The Balaban J connectivity index is 1.51. The van der Waals surface area contributed by atoms with Gasteiger partial charge in [0.05, 0.1) is 18.6 Å². The Morgan fingerprint density at radius 2 is 1.87 bits per heavy atom. The smallest absolute Gasteiger partial charge is 0.406 e. The lowest BCUT2D eigenvalue weighted by atomic mass is 10.0. The average molecular weight is 417 g/mol. The summed E-state index contributed by atoms with van der Waals surface area (Å²) in [5, 5.41) is 4.31. The molecule has 1 saturated heterocycles. The largest absolute Gasteiger partial charge is 0.573 e. The van der Waals surface area contributed by atoms with Crippen molar-refractivity contribution in [3.63, 3.8) is 0 Å². The fourth-order valence-corrected chi connectivity index (χ4v) is 3.68. The molecule has 0 bridgehead atoms. The minimum absolute atomic E-state index is 0.133. The Bertz CT molecular complexity index is 987. The van der Waals surface area contributed by atoms with Crippen LogP contribution >= 0.6 is 0 Å². The van der Waals surface area contributed by atoms with Crippen LogP contribution in [0.15, 0.2) is 61.2 Å². The zero-order valence-corrected chi connectivity index (χ0v) is 16.7. The van der Waals surface area contributed by atoms with Crippen molar-refractivity contribution in [3.8, 4) is 11.4 Å². The van der Waals surface area contributed by atoms with Crippen LogP contribution in [0, 0.1) is 0 Å². The maximum absolute atomic E-state index is 12.4. The first-order valence-electron chi connectivity index (χ1n) is 9.50. The van der Waals surface area contributed by atoms with Crippen molar-refractivity contribution in [2.24, 2.45) is 0 Å². The summed E-state index contributed by atoms with van der Waals surface area (Å²) in [5.74, 6) is -0.220. The van der Waals surface area contributed by atoms with Crippen molar-refractivity contribution in [3.05, 3.63) is 66.7 Å². The van der Waals surface area contributed by atoms with Gasteiger partial charge in [-0.3, -0.25) is 9.88 Å². The lowest BCUT2D eigenvalue weighted by Crippen LogP contribution is -2.39. The Morgan fingerprint density at radius 3 is 2.53 bits per heavy atom. The number of halogens is 3. The van der Waals surface area contributed by atoms with Crippen LogP contribution in [-0.2, 0) is 6.54 Å². The van der Waals surface area contributed by atoms with Crippen molar-refractivity contribution >= 4 is 5.69 Å². The number of benzene rings is 1. The number of aromatic nitrogens is 3. The fourth-order valence-electron chi connectivity index (χ4n) is 3.68. The third kappa shape index (κ3) is 4.40. The molecule has 0 atom stereocenters. The van der Waals surface area contributed by atoms with Gasteiger partial charge in [0.15, 0.2) is 0 Å². The molecule has 0 amide bonds. The summed E-state index contributed by atoms with van der Waals surface area (Å²) in [6.45, 7) is 6.39. The first-order valence-corrected chi connectivity index (χ1v) is 9.50. The molecule has 3 aromatic rings. The number of hydrogen-bond donors (Lipinski definition) is 0. The van der Waals surface area contributed by atoms with Gasteiger partial charge in [-0.15, -0.1) is 13.2 Å². The van der Waals surface area contributed by atoms with E-state index in [0.717, 1.165) is 23.5 Å². The molecule has 30 heavy (non-hydrogen) atoms. The second-order valence-corrected chi connectivity index (χ2v) is 7.85. The number of rotatable bonds is 5. The average Bonchev–Trinajstić information content (AvgIpc) is 3.30. The van der Waals surface area contributed by atoms with E-state index in [-0.39, 0.29) is 11.3 Å². The monoisotopic (exact) mass is 417 g/mol. The second kappa shape index (κ2) is 7.64. The van der Waals surface area contributed by atoms with E-state index in [1.54, 1.807) is 35.4 Å². The third-order valence-electron chi connectivity index (χ3n) is 5.21. The van der Waals surface area contributed by atoms with Gasteiger partial charge in [-0.2, -0.15) is 5.10 Å². The van der Waals surface area contributed by atoms with Crippen LogP contribution in [0.2, 0.25) is 0 Å².